The Bertz CT molecular complexity index is 1100. The molecule has 0 saturated carbocycles. The van der Waals surface area contributed by atoms with Crippen molar-refractivity contribution in [1.29, 1.82) is 0 Å². The number of amides is 2. The Morgan fingerprint density at radius 1 is 1.11 bits per heavy atom. The lowest BCUT2D eigenvalue weighted by Crippen LogP contribution is -2.29. The van der Waals surface area contributed by atoms with Gasteiger partial charge in [-0.1, -0.05) is 23.9 Å². The summed E-state index contributed by atoms with van der Waals surface area (Å²) in [4.78, 5) is 27.2. The summed E-state index contributed by atoms with van der Waals surface area (Å²) in [7, 11) is 1.61. The van der Waals surface area contributed by atoms with Gasteiger partial charge in [0.15, 0.2) is 11.5 Å². The number of methoxy groups -OCH3 is 1. The number of carbonyl (C=O) groups excluding carboxylic acids is 2. The molecule has 0 aromatic heterocycles. The van der Waals surface area contributed by atoms with Crippen molar-refractivity contribution in [3.05, 3.63) is 53.6 Å². The fourth-order valence-electron chi connectivity index (χ4n) is 4.22. The Kier molecular flexibility index (Phi) is 8.88. The lowest BCUT2D eigenvalue weighted by Gasteiger charge is -2.24. The third-order valence-corrected chi connectivity index (χ3v) is 6.94. The fourth-order valence-corrected chi connectivity index (χ4v) is 4.96. The quantitative estimate of drug-likeness (QED) is 0.485. The van der Waals surface area contributed by atoms with Crippen LogP contribution in [0.1, 0.15) is 44.2 Å². The topological polar surface area (TPSA) is 83.5 Å². The average molecular weight is 511 g/mol. The number of ether oxygens (including phenoxy) is 2. The summed E-state index contributed by atoms with van der Waals surface area (Å²) in [5, 5.41) is 9.00. The van der Waals surface area contributed by atoms with Crippen molar-refractivity contribution in [2.45, 2.75) is 45.8 Å². The molecule has 1 N–H and O–H groups in total. The van der Waals surface area contributed by atoms with E-state index in [2.05, 4.69) is 15.3 Å². The number of nitrogens with zero attached hydrogens (tertiary/aromatic N) is 3. The van der Waals surface area contributed by atoms with Crippen LogP contribution in [-0.2, 0) is 11.3 Å². The van der Waals surface area contributed by atoms with E-state index in [0.29, 0.717) is 30.2 Å². The van der Waals surface area contributed by atoms with Crippen molar-refractivity contribution in [2.75, 3.05) is 37.8 Å². The van der Waals surface area contributed by atoms with E-state index in [-0.39, 0.29) is 17.3 Å². The first-order valence-corrected chi connectivity index (χ1v) is 13.4. The van der Waals surface area contributed by atoms with Crippen LogP contribution in [0.4, 0.5) is 10.5 Å². The maximum absolute atomic E-state index is 12.6. The Balaban J connectivity index is 1.39. The molecule has 2 amide bonds. The molecule has 36 heavy (non-hydrogen) atoms. The monoisotopic (exact) mass is 510 g/mol. The van der Waals surface area contributed by atoms with Crippen molar-refractivity contribution >= 4 is 34.3 Å². The van der Waals surface area contributed by atoms with Gasteiger partial charge in [0.2, 0.25) is 5.91 Å². The molecule has 1 saturated heterocycles. The number of likely N-dealkylation sites (tertiary alicyclic amines) is 1. The molecule has 9 heteroatoms. The number of benzene rings is 2. The molecule has 2 heterocycles. The van der Waals surface area contributed by atoms with Crippen molar-refractivity contribution in [3.8, 4) is 11.5 Å². The maximum atomic E-state index is 12.6. The molecule has 1 fully saturated rings. The van der Waals surface area contributed by atoms with E-state index >= 15 is 0 Å². The highest BCUT2D eigenvalue weighted by molar-refractivity contribution is 8.14. The van der Waals surface area contributed by atoms with Crippen LogP contribution in [0, 0.1) is 0 Å². The number of hydrogen-bond acceptors (Lipinski definition) is 7. The lowest BCUT2D eigenvalue weighted by atomic mass is 10.1. The van der Waals surface area contributed by atoms with Gasteiger partial charge in [0.05, 0.1) is 25.5 Å². The predicted molar refractivity (Wildman–Crippen MR) is 144 cm³/mol. The Morgan fingerprint density at radius 2 is 1.86 bits per heavy atom. The largest absolute Gasteiger partial charge is 0.493 e. The minimum atomic E-state index is -0.0924. The molecular formula is C27H34N4O4S. The summed E-state index contributed by atoms with van der Waals surface area (Å²) >= 11 is 1.23. The Morgan fingerprint density at radius 3 is 2.56 bits per heavy atom. The molecule has 0 bridgehead atoms. The minimum absolute atomic E-state index is 0.00715. The van der Waals surface area contributed by atoms with Crippen molar-refractivity contribution in [1.82, 2.24) is 9.91 Å². The SMILES string of the molecule is COc1ccc(C2=NN(Cc3ccc(NC(=O)CCN4CCCC4)cc3)C(=O)SC2)cc1OC(C)C. The standard InChI is InChI=1S/C27H34N4O4S/c1-19(2)35-25-16-21(8-11-24(25)34-3)23-18-36-27(33)31(29-23)17-20-6-9-22(10-7-20)28-26(32)12-15-30-13-4-5-14-30/h6-11,16,19H,4-5,12-15,17-18H2,1-3H3,(H,28,32). The van der Waals surface area contributed by atoms with Crippen molar-refractivity contribution in [3.63, 3.8) is 0 Å². The number of hydrogen-bond donors (Lipinski definition) is 1. The lowest BCUT2D eigenvalue weighted by molar-refractivity contribution is -0.116. The Hall–Kier alpha value is -3.04. The zero-order chi connectivity index (χ0) is 25.5. The highest BCUT2D eigenvalue weighted by atomic mass is 32.2. The molecule has 0 atom stereocenters. The molecule has 0 unspecified atom stereocenters. The number of thioether (sulfide) groups is 1. The van der Waals surface area contributed by atoms with Crippen LogP contribution < -0.4 is 14.8 Å². The molecule has 2 aromatic rings. The number of hydrazone groups is 1. The molecule has 2 aromatic carbocycles. The molecule has 0 radical (unpaired) electrons. The molecule has 0 aliphatic carbocycles. The van der Waals surface area contributed by atoms with Crippen LogP contribution in [0.2, 0.25) is 0 Å². The van der Waals surface area contributed by atoms with E-state index < -0.39 is 0 Å². The summed E-state index contributed by atoms with van der Waals surface area (Å²) in [6.45, 7) is 7.26. The second-order valence-electron chi connectivity index (χ2n) is 9.24. The Labute approximate surface area is 217 Å². The van der Waals surface area contributed by atoms with Gasteiger partial charge in [-0.25, -0.2) is 5.01 Å². The average Bonchev–Trinajstić information content (AvgIpc) is 3.39. The third-order valence-electron chi connectivity index (χ3n) is 6.07. The number of anilines is 1. The number of rotatable bonds is 10. The van der Waals surface area contributed by atoms with Gasteiger partial charge in [-0.2, -0.15) is 5.10 Å². The van der Waals surface area contributed by atoms with E-state index in [4.69, 9.17) is 9.47 Å². The van der Waals surface area contributed by atoms with E-state index in [1.165, 1.54) is 29.6 Å². The van der Waals surface area contributed by atoms with E-state index in [0.717, 1.165) is 42.2 Å². The van der Waals surface area contributed by atoms with Crippen molar-refractivity contribution in [2.24, 2.45) is 5.10 Å². The first-order chi connectivity index (χ1) is 17.4. The van der Waals surface area contributed by atoms with Gasteiger partial charge in [-0.05, 0) is 75.7 Å². The first kappa shape index (κ1) is 26.0. The predicted octanol–water partition coefficient (Wildman–Crippen LogP) is 4.98. The van der Waals surface area contributed by atoms with Crippen LogP contribution >= 0.6 is 11.8 Å². The molecule has 192 valence electrons. The molecular weight excluding hydrogens is 476 g/mol. The van der Waals surface area contributed by atoms with Gasteiger partial charge in [0.25, 0.3) is 0 Å². The highest BCUT2D eigenvalue weighted by Gasteiger charge is 2.23. The van der Waals surface area contributed by atoms with Gasteiger partial charge < -0.3 is 19.7 Å². The second kappa shape index (κ2) is 12.3. The zero-order valence-corrected chi connectivity index (χ0v) is 22.0. The highest BCUT2D eigenvalue weighted by Crippen LogP contribution is 2.31. The van der Waals surface area contributed by atoms with E-state index in [9.17, 15) is 9.59 Å². The summed E-state index contributed by atoms with van der Waals surface area (Å²) < 4.78 is 11.3. The fraction of sp³-hybridized carbons (Fsp3) is 0.444. The summed E-state index contributed by atoms with van der Waals surface area (Å²) in [6.07, 6.45) is 2.95. The molecule has 2 aliphatic heterocycles. The van der Waals surface area contributed by atoms with Crippen LogP contribution in [0.3, 0.4) is 0 Å². The summed E-state index contributed by atoms with van der Waals surface area (Å²) in [6, 6.07) is 13.3. The van der Waals surface area contributed by atoms with Crippen LogP contribution in [0.15, 0.2) is 47.6 Å². The smallest absolute Gasteiger partial charge is 0.302 e. The van der Waals surface area contributed by atoms with Gasteiger partial charge in [-0.3, -0.25) is 9.59 Å². The normalized spacial score (nSPS) is 16.3. The van der Waals surface area contributed by atoms with Crippen LogP contribution in [0.5, 0.6) is 11.5 Å². The molecule has 4 rings (SSSR count). The molecule has 8 nitrogen and oxygen atoms in total. The molecule has 2 aliphatic rings. The van der Waals surface area contributed by atoms with E-state index in [1.54, 1.807) is 7.11 Å². The van der Waals surface area contributed by atoms with Crippen LogP contribution in [-0.4, -0.2) is 65.4 Å². The number of carbonyl (C=O) groups is 2. The van der Waals surface area contributed by atoms with Crippen molar-refractivity contribution < 1.29 is 19.1 Å². The maximum Gasteiger partial charge on any atom is 0.302 e. The molecule has 0 spiro atoms. The second-order valence-corrected chi connectivity index (χ2v) is 10.2. The summed E-state index contributed by atoms with van der Waals surface area (Å²) in [5.74, 6) is 1.82. The minimum Gasteiger partial charge on any atom is -0.493 e. The van der Waals surface area contributed by atoms with Gasteiger partial charge in [-0.15, -0.1) is 0 Å². The van der Waals surface area contributed by atoms with Gasteiger partial charge in [0, 0.05) is 30.0 Å². The van der Waals surface area contributed by atoms with Gasteiger partial charge >= 0.3 is 5.24 Å². The third kappa shape index (κ3) is 7.01. The zero-order valence-electron chi connectivity index (χ0n) is 21.2. The van der Waals surface area contributed by atoms with E-state index in [1.807, 2.05) is 56.3 Å². The van der Waals surface area contributed by atoms with Gasteiger partial charge in [0.1, 0.15) is 0 Å². The first-order valence-electron chi connectivity index (χ1n) is 12.4. The van der Waals surface area contributed by atoms with Crippen LogP contribution in [0.25, 0.3) is 0 Å². The number of nitrogens with one attached hydrogen (secondary N) is 1. The summed E-state index contributed by atoms with van der Waals surface area (Å²) in [5.41, 5.74) is 3.38.